The molecule has 122 valence electrons. The van der Waals surface area contributed by atoms with Gasteiger partial charge in [0.1, 0.15) is 13.2 Å². The van der Waals surface area contributed by atoms with Crippen LogP contribution in [0.1, 0.15) is 6.42 Å². The summed E-state index contributed by atoms with van der Waals surface area (Å²) in [5, 5.41) is 2.62. The van der Waals surface area contributed by atoms with Crippen molar-refractivity contribution < 1.29 is 22.7 Å². The number of rotatable bonds is 6. The number of hydrogen-bond acceptors (Lipinski definition) is 3. The lowest BCUT2D eigenvalue weighted by molar-refractivity contribution is -0.175. The maximum Gasteiger partial charge on any atom is 0.411 e. The summed E-state index contributed by atoms with van der Waals surface area (Å²) in [5.74, 6) is -0.214. The summed E-state index contributed by atoms with van der Waals surface area (Å²) >= 11 is 0. The molecule has 1 aliphatic heterocycles. The molecule has 1 atom stereocenters. The van der Waals surface area contributed by atoms with Crippen LogP contribution in [0, 0.1) is 5.92 Å². The predicted molar refractivity (Wildman–Crippen MR) is 76.6 cm³/mol. The molecule has 0 saturated carbocycles. The summed E-state index contributed by atoms with van der Waals surface area (Å²) in [5.41, 5.74) is 1.14. The second kappa shape index (κ2) is 7.49. The summed E-state index contributed by atoms with van der Waals surface area (Å²) < 4.78 is 40.0. The minimum Gasteiger partial charge on any atom is -0.371 e. The molecule has 0 radical (unpaired) electrons. The summed E-state index contributed by atoms with van der Waals surface area (Å²) in [6.45, 7) is 0.237. The number of nitrogens with zero attached hydrogens (tertiary/aromatic N) is 1. The molecule has 0 spiro atoms. The van der Waals surface area contributed by atoms with E-state index in [1.165, 1.54) is 0 Å². The molecule has 1 aliphatic rings. The largest absolute Gasteiger partial charge is 0.411 e. The monoisotopic (exact) mass is 316 g/mol. The van der Waals surface area contributed by atoms with E-state index in [2.05, 4.69) is 15.0 Å². The van der Waals surface area contributed by atoms with Crippen LogP contribution in [0.3, 0.4) is 0 Å². The van der Waals surface area contributed by atoms with Gasteiger partial charge in [-0.1, -0.05) is 18.2 Å². The van der Waals surface area contributed by atoms with Crippen LogP contribution in [0.2, 0.25) is 0 Å². The highest BCUT2D eigenvalue weighted by Gasteiger charge is 2.28. The van der Waals surface area contributed by atoms with Crippen molar-refractivity contribution in [3.63, 3.8) is 0 Å². The first-order chi connectivity index (χ1) is 10.4. The van der Waals surface area contributed by atoms with E-state index < -0.39 is 25.3 Å². The number of nitrogens with one attached hydrogen (secondary N) is 1. The van der Waals surface area contributed by atoms with E-state index in [1.807, 2.05) is 30.3 Å². The van der Waals surface area contributed by atoms with E-state index in [9.17, 15) is 18.0 Å². The number of benzene rings is 1. The van der Waals surface area contributed by atoms with Gasteiger partial charge in [0, 0.05) is 25.3 Å². The lowest BCUT2D eigenvalue weighted by atomic mass is 10.1. The fraction of sp³-hybridized carbons (Fsp3) is 0.533. The van der Waals surface area contributed by atoms with Crippen molar-refractivity contribution >= 4 is 11.6 Å². The SMILES string of the molecule is O=C(COCC(F)(F)F)NC[C@@H]1CCN(c2ccccc2)C1. The van der Waals surface area contributed by atoms with Crippen LogP contribution >= 0.6 is 0 Å². The van der Waals surface area contributed by atoms with Crippen LogP contribution < -0.4 is 10.2 Å². The zero-order valence-electron chi connectivity index (χ0n) is 12.1. The van der Waals surface area contributed by atoms with E-state index in [0.29, 0.717) is 12.5 Å². The molecule has 1 heterocycles. The van der Waals surface area contributed by atoms with Crippen molar-refractivity contribution in [2.75, 3.05) is 37.7 Å². The molecule has 1 aromatic rings. The number of halogens is 3. The number of carbonyl (C=O) groups excluding carboxylic acids is 1. The highest BCUT2D eigenvalue weighted by molar-refractivity contribution is 5.77. The first-order valence-corrected chi connectivity index (χ1v) is 7.15. The van der Waals surface area contributed by atoms with E-state index in [4.69, 9.17) is 0 Å². The lowest BCUT2D eigenvalue weighted by Crippen LogP contribution is -2.34. The molecule has 2 rings (SSSR count). The van der Waals surface area contributed by atoms with Crippen LogP contribution in [0.15, 0.2) is 30.3 Å². The van der Waals surface area contributed by atoms with Gasteiger partial charge in [0.15, 0.2) is 0 Å². The van der Waals surface area contributed by atoms with Gasteiger partial charge in [0.25, 0.3) is 0 Å². The van der Waals surface area contributed by atoms with E-state index in [0.717, 1.165) is 25.2 Å². The Labute approximate surface area is 127 Å². The van der Waals surface area contributed by atoms with Crippen LogP contribution in [-0.4, -0.2) is 44.9 Å². The van der Waals surface area contributed by atoms with Crippen molar-refractivity contribution in [2.24, 2.45) is 5.92 Å². The maximum atomic E-state index is 11.9. The van der Waals surface area contributed by atoms with Crippen molar-refractivity contribution in [1.82, 2.24) is 5.32 Å². The molecule has 7 heteroatoms. The number of para-hydroxylation sites is 1. The van der Waals surface area contributed by atoms with E-state index >= 15 is 0 Å². The molecule has 1 fully saturated rings. The molecule has 4 nitrogen and oxygen atoms in total. The molecule has 22 heavy (non-hydrogen) atoms. The number of anilines is 1. The molecule has 1 amide bonds. The first kappa shape index (κ1) is 16.6. The minimum atomic E-state index is -4.40. The maximum absolute atomic E-state index is 11.9. The number of ether oxygens (including phenoxy) is 1. The van der Waals surface area contributed by atoms with Crippen LogP contribution in [-0.2, 0) is 9.53 Å². The Morgan fingerprint density at radius 1 is 1.32 bits per heavy atom. The fourth-order valence-corrected chi connectivity index (χ4v) is 2.44. The number of alkyl halides is 3. The summed E-state index contributed by atoms with van der Waals surface area (Å²) in [6, 6.07) is 9.97. The number of hydrogen-bond donors (Lipinski definition) is 1. The molecule has 0 aromatic heterocycles. The summed E-state index contributed by atoms with van der Waals surface area (Å²) in [6.07, 6.45) is -3.46. The van der Waals surface area contributed by atoms with E-state index in [1.54, 1.807) is 0 Å². The van der Waals surface area contributed by atoms with Gasteiger partial charge in [-0.25, -0.2) is 0 Å². The molecular formula is C15H19F3N2O2. The molecular weight excluding hydrogens is 297 g/mol. The second-order valence-electron chi connectivity index (χ2n) is 5.35. The highest BCUT2D eigenvalue weighted by atomic mass is 19.4. The third-order valence-corrected chi connectivity index (χ3v) is 3.49. The van der Waals surface area contributed by atoms with Gasteiger partial charge in [0.2, 0.25) is 5.91 Å². The number of carbonyl (C=O) groups is 1. The standard InChI is InChI=1S/C15H19F3N2O2/c16-15(17,18)11-22-10-14(21)19-8-12-6-7-20(9-12)13-4-2-1-3-5-13/h1-5,12H,6-11H2,(H,19,21)/t12-/m0/s1. The topological polar surface area (TPSA) is 41.6 Å². The molecule has 1 aromatic carbocycles. The first-order valence-electron chi connectivity index (χ1n) is 7.15. The molecule has 1 saturated heterocycles. The Morgan fingerprint density at radius 3 is 2.73 bits per heavy atom. The van der Waals surface area contributed by atoms with Gasteiger partial charge in [0.05, 0.1) is 0 Å². The fourth-order valence-electron chi connectivity index (χ4n) is 2.44. The third kappa shape index (κ3) is 5.55. The minimum absolute atomic E-state index is 0.298. The Balaban J connectivity index is 1.65. The van der Waals surface area contributed by atoms with Gasteiger partial charge in [-0.3, -0.25) is 4.79 Å². The Bertz CT molecular complexity index is 479. The highest BCUT2D eigenvalue weighted by Crippen LogP contribution is 2.22. The van der Waals surface area contributed by atoms with Crippen molar-refractivity contribution in [3.05, 3.63) is 30.3 Å². The number of amides is 1. The summed E-state index contributed by atoms with van der Waals surface area (Å²) in [7, 11) is 0. The second-order valence-corrected chi connectivity index (χ2v) is 5.35. The van der Waals surface area contributed by atoms with Crippen LogP contribution in [0.5, 0.6) is 0 Å². The van der Waals surface area contributed by atoms with Gasteiger partial charge >= 0.3 is 6.18 Å². The Kier molecular flexibility index (Phi) is 5.65. The zero-order valence-corrected chi connectivity index (χ0v) is 12.1. The van der Waals surface area contributed by atoms with Gasteiger partial charge in [-0.15, -0.1) is 0 Å². The van der Waals surface area contributed by atoms with Crippen molar-refractivity contribution in [2.45, 2.75) is 12.6 Å². The molecule has 1 N–H and O–H groups in total. The van der Waals surface area contributed by atoms with Gasteiger partial charge < -0.3 is 15.0 Å². The molecule has 0 bridgehead atoms. The normalized spacial score (nSPS) is 18.5. The van der Waals surface area contributed by atoms with Crippen molar-refractivity contribution in [1.29, 1.82) is 0 Å². The predicted octanol–water partition coefficient (Wildman–Crippen LogP) is 2.21. The Morgan fingerprint density at radius 2 is 2.05 bits per heavy atom. The zero-order chi connectivity index (χ0) is 16.0. The quantitative estimate of drug-likeness (QED) is 0.875. The smallest absolute Gasteiger partial charge is 0.371 e. The van der Waals surface area contributed by atoms with Crippen LogP contribution in [0.4, 0.5) is 18.9 Å². The molecule has 0 aliphatic carbocycles. The summed E-state index contributed by atoms with van der Waals surface area (Å²) in [4.78, 5) is 13.7. The van der Waals surface area contributed by atoms with Crippen molar-refractivity contribution in [3.8, 4) is 0 Å². The average molecular weight is 316 g/mol. The Hall–Kier alpha value is -1.76. The third-order valence-electron chi connectivity index (χ3n) is 3.49. The lowest BCUT2D eigenvalue weighted by Gasteiger charge is -2.18. The van der Waals surface area contributed by atoms with E-state index in [-0.39, 0.29) is 0 Å². The molecule has 0 unspecified atom stereocenters. The van der Waals surface area contributed by atoms with Gasteiger partial charge in [-0.05, 0) is 24.5 Å². The van der Waals surface area contributed by atoms with Crippen LogP contribution in [0.25, 0.3) is 0 Å². The van der Waals surface area contributed by atoms with Gasteiger partial charge in [-0.2, -0.15) is 13.2 Å². The average Bonchev–Trinajstić information content (AvgIpc) is 2.94.